The van der Waals surface area contributed by atoms with Crippen LogP contribution in [-0.4, -0.2) is 11.1 Å². The van der Waals surface area contributed by atoms with Crippen LogP contribution in [0.4, 0.5) is 0 Å². The van der Waals surface area contributed by atoms with Crippen LogP contribution >= 0.6 is 15.9 Å². The summed E-state index contributed by atoms with van der Waals surface area (Å²) < 4.78 is 0.985. The minimum Gasteiger partial charge on any atom is -0.480 e. The van der Waals surface area contributed by atoms with Crippen LogP contribution in [0.15, 0.2) is 53.0 Å². The molecule has 0 bridgehead atoms. The summed E-state index contributed by atoms with van der Waals surface area (Å²) in [5.41, 5.74) is 2.92. The molecule has 104 valence electrons. The van der Waals surface area contributed by atoms with Crippen molar-refractivity contribution < 1.29 is 9.90 Å². The Morgan fingerprint density at radius 1 is 1.25 bits per heavy atom. The first-order valence-corrected chi connectivity index (χ1v) is 7.13. The monoisotopic (exact) mass is 333 g/mol. The van der Waals surface area contributed by atoms with Gasteiger partial charge < -0.3 is 5.11 Å². The number of rotatable bonds is 5. The lowest BCUT2D eigenvalue weighted by molar-refractivity contribution is -0.139. The van der Waals surface area contributed by atoms with Crippen molar-refractivity contribution in [2.45, 2.75) is 19.5 Å². The smallest absolute Gasteiger partial charge is 0.325 e. The molecule has 0 spiro atoms. The number of carboxylic acids is 1. The van der Waals surface area contributed by atoms with E-state index in [9.17, 15) is 9.90 Å². The van der Waals surface area contributed by atoms with Gasteiger partial charge in [-0.15, -0.1) is 0 Å². The molecule has 2 aromatic carbocycles. The lowest BCUT2D eigenvalue weighted by Gasteiger charge is -2.15. The van der Waals surface area contributed by atoms with Gasteiger partial charge in [0.05, 0.1) is 0 Å². The van der Waals surface area contributed by atoms with E-state index < -0.39 is 12.0 Å². The first kappa shape index (κ1) is 14.8. The van der Waals surface area contributed by atoms with Gasteiger partial charge in [-0.2, -0.15) is 0 Å². The van der Waals surface area contributed by atoms with E-state index in [0.717, 1.165) is 21.2 Å². The summed E-state index contributed by atoms with van der Waals surface area (Å²) in [7, 11) is 0. The second kappa shape index (κ2) is 6.68. The Hall–Kier alpha value is -1.65. The first-order valence-electron chi connectivity index (χ1n) is 6.33. The molecule has 2 rings (SSSR count). The second-order valence-corrected chi connectivity index (χ2v) is 5.61. The van der Waals surface area contributed by atoms with Crippen molar-refractivity contribution in [2.75, 3.05) is 0 Å². The fraction of sp³-hybridized carbons (Fsp3) is 0.188. The van der Waals surface area contributed by atoms with Gasteiger partial charge in [-0.25, -0.2) is 0 Å². The molecule has 1 atom stereocenters. The summed E-state index contributed by atoms with van der Waals surface area (Å²) in [5, 5.41) is 12.4. The number of hydrogen-bond acceptors (Lipinski definition) is 2. The maximum atomic E-state index is 11.4. The van der Waals surface area contributed by atoms with Gasteiger partial charge in [0.25, 0.3) is 0 Å². The molecule has 0 fully saturated rings. The van der Waals surface area contributed by atoms with Gasteiger partial charge in [0.15, 0.2) is 0 Å². The highest BCUT2D eigenvalue weighted by atomic mass is 79.9. The number of carbonyl (C=O) groups is 1. The Morgan fingerprint density at radius 2 is 1.95 bits per heavy atom. The molecular weight excluding hydrogens is 318 g/mol. The van der Waals surface area contributed by atoms with Crippen molar-refractivity contribution in [3.63, 3.8) is 0 Å². The average Bonchev–Trinajstić information content (AvgIpc) is 2.41. The molecule has 2 aromatic rings. The van der Waals surface area contributed by atoms with Crippen LogP contribution in [0, 0.1) is 6.92 Å². The summed E-state index contributed by atoms with van der Waals surface area (Å²) in [5.74, 6) is -0.871. The van der Waals surface area contributed by atoms with Gasteiger partial charge >= 0.3 is 5.97 Å². The second-order valence-electron chi connectivity index (χ2n) is 4.69. The third kappa shape index (κ3) is 3.92. The third-order valence-corrected chi connectivity index (χ3v) is 3.55. The van der Waals surface area contributed by atoms with Crippen LogP contribution in [0.2, 0.25) is 0 Å². The van der Waals surface area contributed by atoms with Gasteiger partial charge in [-0.3, -0.25) is 10.1 Å². The van der Waals surface area contributed by atoms with Crippen LogP contribution in [0.5, 0.6) is 0 Å². The molecule has 20 heavy (non-hydrogen) atoms. The van der Waals surface area contributed by atoms with Gasteiger partial charge in [-0.1, -0.05) is 57.9 Å². The number of nitrogens with one attached hydrogen (secondary N) is 1. The summed E-state index contributed by atoms with van der Waals surface area (Å²) >= 11 is 3.41. The minimum atomic E-state index is -0.871. The van der Waals surface area contributed by atoms with E-state index in [-0.39, 0.29) is 0 Å². The van der Waals surface area contributed by atoms with Crippen molar-refractivity contribution in [1.82, 2.24) is 5.32 Å². The largest absolute Gasteiger partial charge is 0.480 e. The Labute approximate surface area is 126 Å². The van der Waals surface area contributed by atoms with Crippen molar-refractivity contribution >= 4 is 21.9 Å². The van der Waals surface area contributed by atoms with Crippen molar-refractivity contribution in [1.29, 1.82) is 0 Å². The predicted octanol–water partition coefficient (Wildman–Crippen LogP) is 3.67. The number of halogens is 1. The summed E-state index contributed by atoms with van der Waals surface area (Å²) in [4.78, 5) is 11.4. The van der Waals surface area contributed by atoms with E-state index in [4.69, 9.17) is 0 Å². The Morgan fingerprint density at radius 3 is 2.55 bits per heavy atom. The van der Waals surface area contributed by atoms with E-state index >= 15 is 0 Å². The van der Waals surface area contributed by atoms with E-state index in [2.05, 4.69) is 21.2 Å². The van der Waals surface area contributed by atoms with Crippen LogP contribution < -0.4 is 5.32 Å². The molecule has 2 N–H and O–H groups in total. The van der Waals surface area contributed by atoms with Crippen LogP contribution in [-0.2, 0) is 11.3 Å². The Kier molecular flexibility index (Phi) is 4.93. The highest BCUT2D eigenvalue weighted by molar-refractivity contribution is 9.10. The zero-order chi connectivity index (χ0) is 14.5. The Balaban J connectivity index is 2.10. The number of carboxylic acid groups (broad SMARTS) is 1. The lowest BCUT2D eigenvalue weighted by atomic mass is 10.0. The fourth-order valence-electron chi connectivity index (χ4n) is 1.97. The molecule has 0 aliphatic heterocycles. The molecule has 0 heterocycles. The molecule has 0 radical (unpaired) electrons. The number of aliphatic carboxylic acids is 1. The number of benzene rings is 2. The number of aryl methyl sites for hydroxylation is 1. The van der Waals surface area contributed by atoms with Gasteiger partial charge in [0, 0.05) is 11.0 Å². The van der Waals surface area contributed by atoms with Crippen molar-refractivity contribution in [3.8, 4) is 0 Å². The Bertz CT molecular complexity index is 596. The average molecular weight is 334 g/mol. The molecule has 3 nitrogen and oxygen atoms in total. The number of hydrogen-bond donors (Lipinski definition) is 2. The maximum absolute atomic E-state index is 11.4. The molecule has 4 heteroatoms. The van der Waals surface area contributed by atoms with Crippen LogP contribution in [0.1, 0.15) is 22.7 Å². The molecule has 0 aliphatic rings. The van der Waals surface area contributed by atoms with Gasteiger partial charge in [0.1, 0.15) is 6.04 Å². The molecule has 0 saturated carbocycles. The molecule has 0 amide bonds. The summed E-state index contributed by atoms with van der Waals surface area (Å²) in [6, 6.07) is 14.7. The zero-order valence-corrected chi connectivity index (χ0v) is 12.7. The van der Waals surface area contributed by atoms with Crippen molar-refractivity contribution in [3.05, 3.63) is 69.7 Å². The molecular formula is C16H16BrNO2. The molecule has 0 saturated heterocycles. The molecule has 0 aromatic heterocycles. The SMILES string of the molecule is Cc1ccc([C@@H](NCc2cccc(Br)c2)C(=O)O)cc1. The lowest BCUT2D eigenvalue weighted by Crippen LogP contribution is -2.28. The minimum absolute atomic E-state index is 0.504. The quantitative estimate of drug-likeness (QED) is 0.877. The van der Waals surface area contributed by atoms with E-state index in [1.54, 1.807) is 0 Å². The van der Waals surface area contributed by atoms with Crippen LogP contribution in [0.25, 0.3) is 0 Å². The first-order chi connectivity index (χ1) is 9.56. The summed E-state index contributed by atoms with van der Waals surface area (Å²) in [6.07, 6.45) is 0. The standard InChI is InChI=1S/C16H16BrNO2/c1-11-5-7-13(8-6-11)15(16(19)20)18-10-12-3-2-4-14(17)9-12/h2-9,15,18H,10H2,1H3,(H,19,20)/t15-/m1/s1. The predicted molar refractivity (Wildman–Crippen MR) is 82.5 cm³/mol. The van der Waals surface area contributed by atoms with Gasteiger partial charge in [-0.05, 0) is 30.2 Å². The van der Waals surface area contributed by atoms with E-state index in [1.807, 2.05) is 55.5 Å². The molecule has 0 unspecified atom stereocenters. The third-order valence-electron chi connectivity index (χ3n) is 3.06. The van der Waals surface area contributed by atoms with Gasteiger partial charge in [0.2, 0.25) is 0 Å². The van der Waals surface area contributed by atoms with Crippen LogP contribution in [0.3, 0.4) is 0 Å². The fourth-order valence-corrected chi connectivity index (χ4v) is 2.42. The maximum Gasteiger partial charge on any atom is 0.325 e. The highest BCUT2D eigenvalue weighted by Crippen LogP contribution is 2.16. The normalized spacial score (nSPS) is 12.1. The molecule has 0 aliphatic carbocycles. The topological polar surface area (TPSA) is 49.3 Å². The van der Waals surface area contributed by atoms with E-state index in [1.165, 1.54) is 0 Å². The van der Waals surface area contributed by atoms with Crippen molar-refractivity contribution in [2.24, 2.45) is 0 Å². The zero-order valence-electron chi connectivity index (χ0n) is 11.1. The van der Waals surface area contributed by atoms with E-state index in [0.29, 0.717) is 6.54 Å². The summed E-state index contributed by atoms with van der Waals surface area (Å²) in [6.45, 7) is 2.48. The highest BCUT2D eigenvalue weighted by Gasteiger charge is 2.18.